The largest absolute Gasteiger partial charge is 0.444 e. The van der Waals surface area contributed by atoms with Crippen LogP contribution in [0.3, 0.4) is 0 Å². The summed E-state index contributed by atoms with van der Waals surface area (Å²) >= 11 is 5.20. The average Bonchev–Trinajstić information content (AvgIpc) is 2.73. The Morgan fingerprint density at radius 2 is 2.32 bits per heavy atom. The predicted octanol–water partition coefficient (Wildman–Crippen LogP) is 3.39. The lowest BCUT2D eigenvalue weighted by Gasteiger charge is -2.36. The lowest BCUT2D eigenvalue weighted by Crippen LogP contribution is -2.50. The smallest absolute Gasteiger partial charge is 0.410 e. The van der Waals surface area contributed by atoms with Crippen LogP contribution in [0.25, 0.3) is 0 Å². The van der Waals surface area contributed by atoms with E-state index in [0.29, 0.717) is 6.54 Å². The van der Waals surface area contributed by atoms with Gasteiger partial charge in [-0.3, -0.25) is 4.90 Å². The Morgan fingerprint density at radius 1 is 1.58 bits per heavy atom. The summed E-state index contributed by atoms with van der Waals surface area (Å²) in [5.41, 5.74) is -0.459. The zero-order chi connectivity index (χ0) is 14.0. The molecule has 0 saturated carbocycles. The van der Waals surface area contributed by atoms with Crippen LogP contribution in [-0.4, -0.2) is 36.2 Å². The normalized spacial score (nSPS) is 20.4. The molecular weight excluding hydrogens is 328 g/mol. The quantitative estimate of drug-likeness (QED) is 0.847. The molecule has 0 aromatic carbocycles. The number of carbonyl (C=O) groups excluding carboxylic acids is 1. The van der Waals surface area contributed by atoms with Gasteiger partial charge in [-0.1, -0.05) is 0 Å². The van der Waals surface area contributed by atoms with Gasteiger partial charge < -0.3 is 10.1 Å². The molecule has 1 aromatic rings. The second-order valence-corrected chi connectivity index (χ2v) is 7.33. The van der Waals surface area contributed by atoms with E-state index in [1.807, 2.05) is 37.1 Å². The number of piperazine rings is 1. The van der Waals surface area contributed by atoms with Crippen LogP contribution in [0.5, 0.6) is 0 Å². The Hall–Kier alpha value is -0.590. The molecular formula is C13H19BrN2O2S. The number of rotatable bonds is 1. The van der Waals surface area contributed by atoms with Crippen molar-refractivity contribution >= 4 is 33.4 Å². The summed E-state index contributed by atoms with van der Waals surface area (Å²) in [7, 11) is 0. The van der Waals surface area contributed by atoms with Crippen molar-refractivity contribution in [2.45, 2.75) is 32.4 Å². The second kappa shape index (κ2) is 5.81. The fraction of sp³-hybridized carbons (Fsp3) is 0.615. The summed E-state index contributed by atoms with van der Waals surface area (Å²) in [5, 5.41) is 5.36. The molecule has 19 heavy (non-hydrogen) atoms. The Kier molecular flexibility index (Phi) is 4.53. The maximum absolute atomic E-state index is 12.3. The van der Waals surface area contributed by atoms with Gasteiger partial charge in [-0.05, 0) is 48.1 Å². The Bertz CT molecular complexity index is 456. The number of hydrogen-bond donors (Lipinski definition) is 1. The number of nitrogens with one attached hydrogen (secondary N) is 1. The van der Waals surface area contributed by atoms with Crippen LogP contribution in [0.1, 0.15) is 31.7 Å². The van der Waals surface area contributed by atoms with Crippen molar-refractivity contribution in [3.8, 4) is 0 Å². The van der Waals surface area contributed by atoms with Crippen LogP contribution in [0.15, 0.2) is 15.9 Å². The van der Waals surface area contributed by atoms with Gasteiger partial charge in [0.25, 0.3) is 0 Å². The van der Waals surface area contributed by atoms with Gasteiger partial charge in [-0.25, -0.2) is 4.79 Å². The van der Waals surface area contributed by atoms with Gasteiger partial charge in [-0.15, -0.1) is 11.3 Å². The van der Waals surface area contributed by atoms with Gasteiger partial charge in [0.05, 0.1) is 6.04 Å². The molecule has 1 atom stereocenters. The van der Waals surface area contributed by atoms with Gasteiger partial charge >= 0.3 is 6.09 Å². The topological polar surface area (TPSA) is 41.6 Å². The standard InChI is InChI=1S/C13H19BrN2O2S/c1-13(2,3)18-12(17)16-6-5-15-8-10(16)11-9(14)4-7-19-11/h4,7,10,15H,5-6,8H2,1-3H3. The summed E-state index contributed by atoms with van der Waals surface area (Å²) in [5.74, 6) is 0. The Balaban J connectivity index is 2.17. The maximum Gasteiger partial charge on any atom is 0.410 e. The summed E-state index contributed by atoms with van der Waals surface area (Å²) in [6.07, 6.45) is -0.237. The summed E-state index contributed by atoms with van der Waals surface area (Å²) < 4.78 is 6.55. The minimum absolute atomic E-state index is 0.0398. The van der Waals surface area contributed by atoms with Crippen LogP contribution in [0.2, 0.25) is 0 Å². The third-order valence-electron chi connectivity index (χ3n) is 2.82. The fourth-order valence-corrected chi connectivity index (χ4v) is 3.77. The SMILES string of the molecule is CC(C)(C)OC(=O)N1CCNCC1c1sccc1Br. The van der Waals surface area contributed by atoms with Crippen molar-refractivity contribution < 1.29 is 9.53 Å². The molecule has 1 fully saturated rings. The number of thiophene rings is 1. The van der Waals surface area contributed by atoms with E-state index in [-0.39, 0.29) is 12.1 Å². The number of ether oxygens (including phenoxy) is 1. The highest BCUT2D eigenvalue weighted by molar-refractivity contribution is 9.10. The molecule has 0 bridgehead atoms. The van der Waals surface area contributed by atoms with E-state index in [1.54, 1.807) is 11.3 Å². The van der Waals surface area contributed by atoms with E-state index in [1.165, 1.54) is 0 Å². The zero-order valence-corrected chi connectivity index (χ0v) is 13.8. The van der Waals surface area contributed by atoms with E-state index < -0.39 is 5.60 Å². The fourth-order valence-electron chi connectivity index (χ4n) is 2.02. The van der Waals surface area contributed by atoms with E-state index in [2.05, 4.69) is 21.2 Å². The molecule has 0 aliphatic carbocycles. The Morgan fingerprint density at radius 3 is 2.89 bits per heavy atom. The third kappa shape index (κ3) is 3.70. The van der Waals surface area contributed by atoms with Gasteiger partial charge in [0.2, 0.25) is 0 Å². The maximum atomic E-state index is 12.3. The molecule has 1 amide bonds. The molecule has 2 heterocycles. The highest BCUT2D eigenvalue weighted by atomic mass is 79.9. The first-order valence-electron chi connectivity index (χ1n) is 6.32. The molecule has 1 N–H and O–H groups in total. The molecule has 1 aliphatic rings. The van der Waals surface area contributed by atoms with Gasteiger partial charge in [0.15, 0.2) is 0 Å². The highest BCUT2D eigenvalue weighted by Crippen LogP contribution is 2.34. The molecule has 1 unspecified atom stereocenters. The molecule has 1 aliphatic heterocycles. The lowest BCUT2D eigenvalue weighted by atomic mass is 10.1. The van der Waals surface area contributed by atoms with Crippen molar-refractivity contribution in [3.05, 3.63) is 20.8 Å². The number of amides is 1. The van der Waals surface area contributed by atoms with Crippen LogP contribution < -0.4 is 5.32 Å². The minimum Gasteiger partial charge on any atom is -0.444 e. The van der Waals surface area contributed by atoms with Crippen LogP contribution in [0, 0.1) is 0 Å². The third-order valence-corrected chi connectivity index (χ3v) is 4.79. The second-order valence-electron chi connectivity index (χ2n) is 5.53. The van der Waals surface area contributed by atoms with E-state index in [4.69, 9.17) is 4.74 Å². The van der Waals surface area contributed by atoms with Crippen molar-refractivity contribution in [2.75, 3.05) is 19.6 Å². The average molecular weight is 347 g/mol. The lowest BCUT2D eigenvalue weighted by molar-refractivity contribution is 0.0121. The molecule has 0 radical (unpaired) electrons. The van der Waals surface area contributed by atoms with Crippen LogP contribution in [0.4, 0.5) is 4.79 Å². The van der Waals surface area contributed by atoms with Gasteiger partial charge in [0.1, 0.15) is 5.60 Å². The summed E-state index contributed by atoms with van der Waals surface area (Å²) in [6.45, 7) is 7.91. The van der Waals surface area contributed by atoms with Crippen molar-refractivity contribution in [1.82, 2.24) is 10.2 Å². The monoisotopic (exact) mass is 346 g/mol. The van der Waals surface area contributed by atoms with E-state index in [0.717, 1.165) is 22.4 Å². The molecule has 1 saturated heterocycles. The first-order chi connectivity index (χ1) is 8.88. The minimum atomic E-state index is -0.459. The van der Waals surface area contributed by atoms with E-state index >= 15 is 0 Å². The molecule has 0 spiro atoms. The van der Waals surface area contributed by atoms with E-state index in [9.17, 15) is 4.79 Å². The number of halogens is 1. The molecule has 1 aromatic heterocycles. The zero-order valence-electron chi connectivity index (χ0n) is 11.4. The highest BCUT2D eigenvalue weighted by Gasteiger charge is 2.32. The van der Waals surface area contributed by atoms with Gasteiger partial charge in [-0.2, -0.15) is 0 Å². The summed E-state index contributed by atoms with van der Waals surface area (Å²) in [6, 6.07) is 2.06. The number of carbonyl (C=O) groups is 1. The van der Waals surface area contributed by atoms with Crippen molar-refractivity contribution in [1.29, 1.82) is 0 Å². The number of hydrogen-bond acceptors (Lipinski definition) is 4. The predicted molar refractivity (Wildman–Crippen MR) is 80.6 cm³/mol. The molecule has 6 heteroatoms. The van der Waals surface area contributed by atoms with Crippen LogP contribution >= 0.6 is 27.3 Å². The number of nitrogens with zero attached hydrogens (tertiary/aromatic N) is 1. The van der Waals surface area contributed by atoms with Crippen molar-refractivity contribution in [2.24, 2.45) is 0 Å². The Labute approximate surface area is 126 Å². The van der Waals surface area contributed by atoms with Gasteiger partial charge in [0, 0.05) is 29.0 Å². The first kappa shape index (κ1) is 14.8. The first-order valence-corrected chi connectivity index (χ1v) is 7.99. The summed E-state index contributed by atoms with van der Waals surface area (Å²) in [4.78, 5) is 15.3. The molecule has 2 rings (SSSR count). The van der Waals surface area contributed by atoms with Crippen LogP contribution in [-0.2, 0) is 4.74 Å². The molecule has 106 valence electrons. The molecule has 4 nitrogen and oxygen atoms in total. The van der Waals surface area contributed by atoms with Crippen molar-refractivity contribution in [3.63, 3.8) is 0 Å².